The van der Waals surface area contributed by atoms with Crippen molar-refractivity contribution in [2.75, 3.05) is 0 Å². The molecule has 3 heteroatoms. The Morgan fingerprint density at radius 2 is 2.07 bits per heavy atom. The van der Waals surface area contributed by atoms with E-state index < -0.39 is 0 Å². The van der Waals surface area contributed by atoms with Crippen molar-refractivity contribution in [2.24, 2.45) is 5.73 Å². The van der Waals surface area contributed by atoms with Crippen molar-refractivity contribution in [1.29, 1.82) is 0 Å². The Balaban J connectivity index is 2.36. The van der Waals surface area contributed by atoms with Crippen molar-refractivity contribution in [3.63, 3.8) is 0 Å². The second-order valence-electron chi connectivity index (χ2n) is 4.67. The molecule has 0 aliphatic heterocycles. The van der Waals surface area contributed by atoms with E-state index in [1.807, 2.05) is 12.3 Å². The van der Waals surface area contributed by atoms with Crippen molar-refractivity contribution < 1.29 is 0 Å². The van der Waals surface area contributed by atoms with Gasteiger partial charge in [0.2, 0.25) is 0 Å². The Labute approximate surface area is 93.0 Å². The molecule has 76 valence electrons. The van der Waals surface area contributed by atoms with Gasteiger partial charge >= 0.3 is 0 Å². The molecule has 1 aromatic rings. The van der Waals surface area contributed by atoms with E-state index in [0.29, 0.717) is 0 Å². The molecule has 0 saturated heterocycles. The SMILES string of the molecule is CC(C)(N)C1(c2ccc(Br)cn2)CC1. The highest BCUT2D eigenvalue weighted by molar-refractivity contribution is 9.10. The van der Waals surface area contributed by atoms with Crippen LogP contribution in [0.2, 0.25) is 0 Å². The summed E-state index contributed by atoms with van der Waals surface area (Å²) >= 11 is 3.39. The minimum absolute atomic E-state index is 0.119. The largest absolute Gasteiger partial charge is 0.325 e. The molecule has 0 radical (unpaired) electrons. The van der Waals surface area contributed by atoms with Crippen LogP contribution in [-0.2, 0) is 5.41 Å². The van der Waals surface area contributed by atoms with E-state index >= 15 is 0 Å². The van der Waals surface area contributed by atoms with Crippen LogP contribution in [0.3, 0.4) is 0 Å². The Morgan fingerprint density at radius 1 is 1.43 bits per heavy atom. The number of pyridine rings is 1. The van der Waals surface area contributed by atoms with Gasteiger partial charge in [0.25, 0.3) is 0 Å². The molecule has 1 fully saturated rings. The fraction of sp³-hybridized carbons (Fsp3) is 0.545. The Bertz CT molecular complexity index is 333. The van der Waals surface area contributed by atoms with Gasteiger partial charge in [-0.2, -0.15) is 0 Å². The molecule has 0 spiro atoms. The molecule has 1 aliphatic carbocycles. The maximum Gasteiger partial charge on any atom is 0.0484 e. The van der Waals surface area contributed by atoms with Gasteiger partial charge in [-0.25, -0.2) is 0 Å². The summed E-state index contributed by atoms with van der Waals surface area (Å²) in [4.78, 5) is 4.45. The summed E-state index contributed by atoms with van der Waals surface area (Å²) in [7, 11) is 0. The summed E-state index contributed by atoms with van der Waals surface area (Å²) < 4.78 is 1.02. The zero-order valence-corrected chi connectivity index (χ0v) is 10.1. The molecule has 1 heterocycles. The van der Waals surface area contributed by atoms with Gasteiger partial charge in [-0.3, -0.25) is 4.98 Å². The van der Waals surface area contributed by atoms with Gasteiger partial charge in [-0.15, -0.1) is 0 Å². The van der Waals surface area contributed by atoms with Crippen LogP contribution in [0.15, 0.2) is 22.8 Å². The number of hydrogen-bond acceptors (Lipinski definition) is 2. The summed E-state index contributed by atoms with van der Waals surface area (Å²) in [6.07, 6.45) is 4.16. The second-order valence-corrected chi connectivity index (χ2v) is 5.58. The second kappa shape index (κ2) is 3.04. The van der Waals surface area contributed by atoms with E-state index in [0.717, 1.165) is 23.0 Å². The molecule has 2 nitrogen and oxygen atoms in total. The predicted molar refractivity (Wildman–Crippen MR) is 61.1 cm³/mol. The maximum absolute atomic E-state index is 6.19. The van der Waals surface area contributed by atoms with Gasteiger partial charge in [-0.1, -0.05) is 0 Å². The topological polar surface area (TPSA) is 38.9 Å². The van der Waals surface area contributed by atoms with Crippen LogP contribution in [0.4, 0.5) is 0 Å². The molecule has 0 bridgehead atoms. The molecule has 1 aromatic heterocycles. The van der Waals surface area contributed by atoms with Crippen molar-refractivity contribution >= 4 is 15.9 Å². The quantitative estimate of drug-likeness (QED) is 0.882. The normalized spacial score (nSPS) is 19.4. The maximum atomic E-state index is 6.19. The third-order valence-electron chi connectivity index (χ3n) is 3.20. The number of nitrogens with zero attached hydrogens (tertiary/aromatic N) is 1. The predicted octanol–water partition coefficient (Wildman–Crippen LogP) is 2.61. The average Bonchev–Trinajstić information content (AvgIpc) is 2.84. The molecule has 0 atom stereocenters. The molecular weight excluding hydrogens is 240 g/mol. The summed E-state index contributed by atoms with van der Waals surface area (Å²) in [5, 5.41) is 0. The summed E-state index contributed by atoms with van der Waals surface area (Å²) in [6.45, 7) is 4.17. The van der Waals surface area contributed by atoms with Crippen LogP contribution in [0.25, 0.3) is 0 Å². The number of halogens is 1. The first-order valence-electron chi connectivity index (χ1n) is 4.87. The van der Waals surface area contributed by atoms with E-state index in [-0.39, 0.29) is 11.0 Å². The molecule has 2 N–H and O–H groups in total. The third-order valence-corrected chi connectivity index (χ3v) is 3.67. The van der Waals surface area contributed by atoms with Crippen molar-refractivity contribution in [2.45, 2.75) is 37.6 Å². The third kappa shape index (κ3) is 1.48. The molecule has 1 aliphatic rings. The van der Waals surface area contributed by atoms with E-state index in [9.17, 15) is 0 Å². The molecule has 0 unspecified atom stereocenters. The Morgan fingerprint density at radius 3 is 2.43 bits per heavy atom. The number of aromatic nitrogens is 1. The minimum Gasteiger partial charge on any atom is -0.325 e. The van der Waals surface area contributed by atoms with E-state index in [4.69, 9.17) is 5.73 Å². The average molecular weight is 255 g/mol. The number of hydrogen-bond donors (Lipinski definition) is 1. The molecule has 1 saturated carbocycles. The van der Waals surface area contributed by atoms with Crippen LogP contribution in [0.5, 0.6) is 0 Å². The van der Waals surface area contributed by atoms with E-state index in [1.165, 1.54) is 0 Å². The molecular formula is C11H15BrN2. The zero-order chi connectivity index (χ0) is 10.4. The minimum atomic E-state index is -0.173. The Hall–Kier alpha value is -0.410. The van der Waals surface area contributed by atoms with Gasteiger partial charge in [0.05, 0.1) is 0 Å². The van der Waals surface area contributed by atoms with Crippen LogP contribution in [0.1, 0.15) is 32.4 Å². The number of nitrogens with two attached hydrogens (primary N) is 1. The van der Waals surface area contributed by atoms with Gasteiger partial charge in [0, 0.05) is 27.3 Å². The number of rotatable bonds is 2. The summed E-state index contributed by atoms with van der Waals surface area (Å²) in [6, 6.07) is 4.11. The lowest BCUT2D eigenvalue weighted by atomic mass is 9.82. The van der Waals surface area contributed by atoms with Gasteiger partial charge < -0.3 is 5.73 Å². The molecule has 0 amide bonds. The van der Waals surface area contributed by atoms with Crippen molar-refractivity contribution in [1.82, 2.24) is 4.98 Å². The van der Waals surface area contributed by atoms with E-state index in [1.54, 1.807) is 0 Å². The molecule has 14 heavy (non-hydrogen) atoms. The van der Waals surface area contributed by atoms with Gasteiger partial charge in [-0.05, 0) is 54.8 Å². The molecule has 0 aromatic carbocycles. The summed E-state index contributed by atoms with van der Waals surface area (Å²) in [5.74, 6) is 0. The first-order valence-corrected chi connectivity index (χ1v) is 5.66. The van der Waals surface area contributed by atoms with E-state index in [2.05, 4.69) is 40.8 Å². The van der Waals surface area contributed by atoms with Crippen molar-refractivity contribution in [3.8, 4) is 0 Å². The van der Waals surface area contributed by atoms with Crippen molar-refractivity contribution in [3.05, 3.63) is 28.5 Å². The highest BCUT2D eigenvalue weighted by atomic mass is 79.9. The fourth-order valence-electron chi connectivity index (χ4n) is 2.01. The lowest BCUT2D eigenvalue weighted by Crippen LogP contribution is -2.45. The van der Waals surface area contributed by atoms with Crippen LogP contribution in [-0.4, -0.2) is 10.5 Å². The lowest BCUT2D eigenvalue weighted by molar-refractivity contribution is 0.384. The summed E-state index contributed by atoms with van der Waals surface area (Å²) in [5.41, 5.74) is 7.27. The first-order chi connectivity index (χ1) is 6.46. The smallest absolute Gasteiger partial charge is 0.0484 e. The lowest BCUT2D eigenvalue weighted by Gasteiger charge is -2.30. The first kappa shape index (κ1) is 10.1. The van der Waals surface area contributed by atoms with Gasteiger partial charge in [0.1, 0.15) is 0 Å². The zero-order valence-electron chi connectivity index (χ0n) is 8.55. The fourth-order valence-corrected chi connectivity index (χ4v) is 2.25. The Kier molecular flexibility index (Phi) is 2.20. The standard InChI is InChI=1S/C11H15BrN2/c1-10(2,13)11(5-6-11)9-4-3-8(12)7-14-9/h3-4,7H,5-6,13H2,1-2H3. The highest BCUT2D eigenvalue weighted by Crippen LogP contribution is 2.53. The van der Waals surface area contributed by atoms with Crippen LogP contribution in [0, 0.1) is 0 Å². The van der Waals surface area contributed by atoms with Crippen LogP contribution >= 0.6 is 15.9 Å². The van der Waals surface area contributed by atoms with Gasteiger partial charge in [0.15, 0.2) is 0 Å². The highest BCUT2D eigenvalue weighted by Gasteiger charge is 2.54. The van der Waals surface area contributed by atoms with Crippen LogP contribution < -0.4 is 5.73 Å². The molecule has 2 rings (SSSR count). The monoisotopic (exact) mass is 254 g/mol.